The Morgan fingerprint density at radius 1 is 0.863 bits per heavy atom. The summed E-state index contributed by atoms with van der Waals surface area (Å²) in [6.45, 7) is 10.4. The van der Waals surface area contributed by atoms with Crippen LogP contribution in [0.15, 0.2) is 62.5 Å². The summed E-state index contributed by atoms with van der Waals surface area (Å²) < 4.78 is 63.6. The molecule has 0 unspecified atom stereocenters. The summed E-state index contributed by atoms with van der Waals surface area (Å²) in [6, 6.07) is 0. The van der Waals surface area contributed by atoms with Crippen LogP contribution >= 0.6 is 0 Å². The molecule has 21 nitrogen and oxygen atoms in total. The van der Waals surface area contributed by atoms with Gasteiger partial charge in [-0.1, -0.05) is 52.8 Å². The average Bonchev–Trinajstić information content (AvgIpc) is 4.17. The normalized spacial score (nSPS) is 23.2. The van der Waals surface area contributed by atoms with E-state index >= 15 is 0 Å². The van der Waals surface area contributed by atoms with Gasteiger partial charge in [-0.3, -0.25) is 19.2 Å². The molecule has 6 bridgehead atoms. The summed E-state index contributed by atoms with van der Waals surface area (Å²) >= 11 is 0. The van der Waals surface area contributed by atoms with Crippen LogP contribution in [0, 0.1) is 29.6 Å². The summed E-state index contributed by atoms with van der Waals surface area (Å²) in [4.78, 5) is 79.2. The second kappa shape index (κ2) is 29.8. The molecular weight excluding hydrogens is 953 g/mol. The first kappa shape index (κ1) is 59.7. The lowest BCUT2D eigenvalue weighted by Crippen LogP contribution is -2.42. The predicted molar refractivity (Wildman–Crippen MR) is 263 cm³/mol. The van der Waals surface area contributed by atoms with Crippen molar-refractivity contribution in [3.63, 3.8) is 0 Å². The van der Waals surface area contributed by atoms with Gasteiger partial charge in [0.05, 0.1) is 37.3 Å². The van der Waals surface area contributed by atoms with E-state index in [1.807, 2.05) is 33.8 Å². The topological polar surface area (TPSA) is 261 Å². The van der Waals surface area contributed by atoms with Gasteiger partial charge < -0.3 is 61.2 Å². The highest BCUT2D eigenvalue weighted by molar-refractivity contribution is 5.92. The number of fused-ring (bicyclic) bond motifs is 8. The van der Waals surface area contributed by atoms with Crippen molar-refractivity contribution < 1.29 is 80.2 Å². The molecule has 1 N–H and O–H groups in total. The van der Waals surface area contributed by atoms with Gasteiger partial charge >= 0.3 is 17.9 Å². The van der Waals surface area contributed by atoms with E-state index in [-0.39, 0.29) is 60.9 Å². The zero-order valence-corrected chi connectivity index (χ0v) is 44.0. The molecule has 4 rings (SSSR count). The van der Waals surface area contributed by atoms with Gasteiger partial charge in [-0.05, 0) is 43.8 Å². The molecule has 0 aromatic carbocycles. The minimum atomic E-state index is -1.19. The van der Waals surface area contributed by atoms with Crippen LogP contribution in [0.2, 0.25) is 0 Å². The molecule has 4 heterocycles. The predicted octanol–water partition coefficient (Wildman–Crippen LogP) is 6.75. The van der Waals surface area contributed by atoms with Crippen LogP contribution < -0.4 is 0 Å². The minimum absolute atomic E-state index is 0.0242. The van der Waals surface area contributed by atoms with Crippen molar-refractivity contribution >= 4 is 36.2 Å². The van der Waals surface area contributed by atoms with Gasteiger partial charge in [-0.2, -0.15) is 0 Å². The van der Waals surface area contributed by atoms with Crippen LogP contribution in [0.25, 0.3) is 29.2 Å². The number of ketones is 1. The first-order chi connectivity index (χ1) is 34.9. The second-order valence-corrected chi connectivity index (χ2v) is 18.5. The first-order valence-electron chi connectivity index (χ1n) is 24.3. The molecule has 3 aromatic heterocycles. The Morgan fingerprint density at radius 2 is 1.55 bits per heavy atom. The third-order valence-electron chi connectivity index (χ3n) is 13.1. The molecule has 3 aromatic rings. The van der Waals surface area contributed by atoms with Gasteiger partial charge in [0.15, 0.2) is 23.3 Å². The molecule has 0 saturated heterocycles. The highest BCUT2D eigenvalue weighted by atomic mass is 16.6. The fourth-order valence-corrected chi connectivity index (χ4v) is 8.59. The van der Waals surface area contributed by atoms with Gasteiger partial charge in [0.1, 0.15) is 48.9 Å². The Kier molecular flexibility index (Phi) is 24.3. The maximum Gasteiger partial charge on any atom is 0.337 e. The number of carbonyl (C=O) groups is 5. The minimum Gasteiger partial charge on any atom is -0.462 e. The van der Waals surface area contributed by atoms with Crippen LogP contribution in [0.4, 0.5) is 0 Å². The number of esters is 3. The number of nitrogens with zero attached hydrogens (tertiary/aromatic N) is 4. The van der Waals surface area contributed by atoms with Crippen molar-refractivity contribution in [2.75, 3.05) is 49.2 Å². The lowest BCUT2D eigenvalue weighted by molar-refractivity contribution is -0.173. The number of rotatable bonds is 21. The largest absolute Gasteiger partial charge is 0.462 e. The number of allylic oxidation sites excluding steroid dienone is 1. The van der Waals surface area contributed by atoms with E-state index in [1.165, 1.54) is 64.1 Å². The fourth-order valence-electron chi connectivity index (χ4n) is 8.59. The van der Waals surface area contributed by atoms with Crippen molar-refractivity contribution in [2.45, 2.75) is 129 Å². The molecule has 0 aliphatic carbocycles. The number of cyclic esters (lactones) is 1. The average molecular weight is 1030 g/mol. The molecule has 1 amide bonds. The maximum absolute atomic E-state index is 13.7. The molecule has 404 valence electrons. The molecule has 13 atom stereocenters. The Balaban J connectivity index is 1.63. The Morgan fingerprint density at radius 3 is 2.21 bits per heavy atom. The van der Waals surface area contributed by atoms with E-state index in [9.17, 15) is 29.1 Å². The monoisotopic (exact) mass is 1030 g/mol. The zero-order valence-electron chi connectivity index (χ0n) is 44.0. The zero-order chi connectivity index (χ0) is 53.8. The summed E-state index contributed by atoms with van der Waals surface area (Å²) in [6.07, 6.45) is 8.87. The lowest BCUT2D eigenvalue weighted by atomic mass is 9.83. The van der Waals surface area contributed by atoms with E-state index in [1.54, 1.807) is 46.5 Å². The number of hydrogen-bond donors (Lipinski definition) is 1. The molecule has 0 saturated carbocycles. The van der Waals surface area contributed by atoms with E-state index in [0.717, 1.165) is 0 Å². The molecule has 0 spiro atoms. The number of amides is 1. The summed E-state index contributed by atoms with van der Waals surface area (Å²) in [5.41, 5.74) is 0.950. The van der Waals surface area contributed by atoms with Crippen LogP contribution in [-0.4, -0.2) is 147 Å². The third kappa shape index (κ3) is 17.7. The molecule has 1 aliphatic rings. The van der Waals surface area contributed by atoms with Gasteiger partial charge in [-0.15, -0.1) is 0 Å². The molecular formula is C52H74N4O17. The van der Waals surface area contributed by atoms with Crippen LogP contribution in [0.5, 0.6) is 0 Å². The van der Waals surface area contributed by atoms with Crippen molar-refractivity contribution in [1.29, 1.82) is 0 Å². The number of oxazole rings is 3. The Bertz CT molecular complexity index is 2290. The van der Waals surface area contributed by atoms with Crippen LogP contribution in [0.3, 0.4) is 0 Å². The quantitative estimate of drug-likeness (QED) is 0.0657. The first-order valence-corrected chi connectivity index (χ1v) is 24.3. The van der Waals surface area contributed by atoms with E-state index < -0.39 is 90.4 Å². The molecule has 0 fully saturated rings. The molecule has 1 aliphatic heterocycles. The Hall–Kier alpha value is -5.84. The smallest absolute Gasteiger partial charge is 0.337 e. The van der Waals surface area contributed by atoms with Crippen molar-refractivity contribution in [2.24, 2.45) is 29.6 Å². The highest BCUT2D eigenvalue weighted by Crippen LogP contribution is 2.33. The maximum atomic E-state index is 13.7. The van der Waals surface area contributed by atoms with Gasteiger partial charge in [0.25, 0.3) is 0 Å². The number of methoxy groups -OCH3 is 5. The van der Waals surface area contributed by atoms with Crippen LogP contribution in [0.1, 0.15) is 97.8 Å². The third-order valence-corrected chi connectivity index (χ3v) is 13.1. The summed E-state index contributed by atoms with van der Waals surface area (Å²) in [7, 11) is 8.95. The number of aliphatic hydroxyl groups excluding tert-OH is 1. The SMILES string of the molecule is COC[C@@H](OC)C(=O)O[C@H](CC[C@H](C)[C@H](C[C@@H]1OC(=O)C[C@H](O)CC=CC(=O)[C@H](C)[C@H](OC)c2coc(n2)-c2coc(n2)-c2coc(n2)C=CC[C@H](OC)[C@@H]1C)OC)[C@H](C)[C@H](OC(C)=O)[C@@H](C)C=CN(C)C=O. The number of hydrogen-bond acceptors (Lipinski definition) is 20. The number of carbonyl (C=O) groups excluding carboxylic acids is 5. The van der Waals surface area contributed by atoms with Gasteiger partial charge in [0, 0.05) is 79.9 Å². The van der Waals surface area contributed by atoms with Crippen LogP contribution in [-0.2, 0) is 61.9 Å². The lowest BCUT2D eigenvalue weighted by Gasteiger charge is -2.35. The van der Waals surface area contributed by atoms with Gasteiger partial charge in [-0.25, -0.2) is 19.7 Å². The van der Waals surface area contributed by atoms with E-state index in [0.29, 0.717) is 37.1 Å². The van der Waals surface area contributed by atoms with E-state index in [2.05, 4.69) is 15.0 Å². The number of aromatic nitrogens is 3. The number of aliphatic hydroxyl groups is 1. The molecule has 73 heavy (non-hydrogen) atoms. The van der Waals surface area contributed by atoms with Crippen molar-refractivity contribution in [3.8, 4) is 23.2 Å². The van der Waals surface area contributed by atoms with Crippen molar-refractivity contribution in [1.82, 2.24) is 19.9 Å². The second-order valence-electron chi connectivity index (χ2n) is 18.5. The van der Waals surface area contributed by atoms with Gasteiger partial charge in [0.2, 0.25) is 24.1 Å². The highest BCUT2D eigenvalue weighted by Gasteiger charge is 2.38. The number of ether oxygens (including phenoxy) is 8. The molecule has 0 radical (unpaired) electrons. The Labute approximate surface area is 426 Å². The van der Waals surface area contributed by atoms with E-state index in [4.69, 9.17) is 51.1 Å². The standard InChI is InChI=1S/C52H74N4O17/c1-30(19-20-42(73-52(62)45(66-11)28-63-8)34(5)48(71-35(6)58)31(2)21-22-56(7)29-57)43(65-10)24-44-33(4)41(64-9)17-14-18-46-53-38(26-68-46)50-55-39(27-70-50)51-54-37(25-69-51)49(67-12)32(3)40(60)16-13-15-36(59)23-47(61)72-44/h13-14,16,18,21-22,25-27,29-34,36,41-45,48-49,59H,15,17,19-20,23-24,28H2,1-12H3/t30-,31-,32-,33-,34-,36+,41-,42+,43-,44-,45+,48+,49-/m0/s1. The van der Waals surface area contributed by atoms with Crippen molar-refractivity contribution in [3.05, 3.63) is 60.9 Å². The fraction of sp³-hybridized carbons (Fsp3) is 0.615. The summed E-state index contributed by atoms with van der Waals surface area (Å²) in [5.74, 6) is -3.99. The summed E-state index contributed by atoms with van der Waals surface area (Å²) in [5, 5.41) is 11.0. The molecule has 21 heteroatoms.